The molecule has 664 valence electrons. The highest BCUT2D eigenvalue weighted by molar-refractivity contribution is 5.78. The molecule has 3 aromatic carbocycles. The quantitative estimate of drug-likeness (QED) is 0.0219. The fourth-order valence-corrected chi connectivity index (χ4v) is 15.0. The van der Waals surface area contributed by atoms with Crippen LogP contribution in [0.2, 0.25) is 0 Å². The summed E-state index contributed by atoms with van der Waals surface area (Å²) in [6.07, 6.45) is -7.91. The highest BCUT2D eigenvalue weighted by Crippen LogP contribution is 2.43. The molecule has 5 N–H and O–H groups in total. The SMILES string of the molecule is CC(=O)NC1C(C)[C@@H](OC(C)=O)C(COC(C)=O)O[C@H]1OCCCCC(=O)NCCCN(CCCN(CCCNC(=O)CCCCO[C@@H]1OC(COC(C)=O)[C@H](OC(C)=O)C(OC(C)=O)C1NC(C)=O)C(c1ccccc1)(c1ccccc1)c1ccccc1)C(=O)CCCCOCC1(NC(C)=O)COC(COC(C)=O)[C@H](OC(C)=O)C1OC(C)=O. The molecule has 6 amide bonds. The number of hydrogen-bond acceptors (Lipinski definition) is 29. The van der Waals surface area contributed by atoms with Crippen molar-refractivity contribution in [2.45, 2.75) is 245 Å². The van der Waals surface area contributed by atoms with Crippen LogP contribution in [0.15, 0.2) is 91.0 Å². The van der Waals surface area contributed by atoms with E-state index in [2.05, 4.69) is 67.9 Å². The first-order valence-electron chi connectivity index (χ1n) is 40.8. The van der Waals surface area contributed by atoms with Crippen molar-refractivity contribution >= 4 is 83.2 Å². The molecule has 3 fully saturated rings. The van der Waals surface area contributed by atoms with E-state index in [1.54, 1.807) is 11.8 Å². The van der Waals surface area contributed by atoms with E-state index in [1.165, 1.54) is 48.5 Å². The van der Waals surface area contributed by atoms with Gasteiger partial charge < -0.3 is 97.8 Å². The Hall–Kier alpha value is -10.0. The number of amides is 6. The summed E-state index contributed by atoms with van der Waals surface area (Å²) in [7, 11) is 0. The van der Waals surface area contributed by atoms with Crippen molar-refractivity contribution in [1.82, 2.24) is 36.4 Å². The minimum Gasteiger partial charge on any atom is -0.463 e. The van der Waals surface area contributed by atoms with Crippen molar-refractivity contribution in [2.75, 3.05) is 92.1 Å². The average Bonchev–Trinajstić information content (AvgIpc) is 0.734. The standard InChI is InChI=1S/C85H121N7O28/c1-54-75(88-55(2)93)82(119-70(50-111-59(6)97)77(54)114-61(8)99)108-47-26-22-37-72(104)86-40-28-42-91(74(106)39-24-25-46-107-52-84(90-57(4)95)53-113-69(49-110-58(5)96)79(116-63(10)101)81(84)118-65(12)103)43-30-45-92(85(66-31-16-13-17-32-66,67-33-18-14-19-34-67)68-35-20-15-21-36-68)44-29-41-87-73(105)38-23-27-48-109-83-76(89-56(3)94)80(117-64(11)102)78(115-62(9)100)71(120-83)51-112-60(7)98/h13-21,31-36,54,69-71,75-83H,22-30,37-53H2,1-12H3,(H,86,104)(H,87,105)(H,88,93)(H,89,94)(H,90,95)/t54?,69?,70?,71?,75?,76?,77-,78+,79+,80?,81?,82-,83-,84?/m1/s1. The van der Waals surface area contributed by atoms with Gasteiger partial charge in [0.2, 0.25) is 35.4 Å². The number of hydrogen-bond donors (Lipinski definition) is 5. The van der Waals surface area contributed by atoms with Crippen LogP contribution < -0.4 is 26.6 Å². The lowest BCUT2D eigenvalue weighted by atomic mass is 9.75. The van der Waals surface area contributed by atoms with Gasteiger partial charge in [0.15, 0.2) is 37.0 Å². The number of ether oxygens (including phenoxy) is 14. The Morgan fingerprint density at radius 3 is 1.31 bits per heavy atom. The molecule has 3 saturated heterocycles. The maximum absolute atomic E-state index is 14.9. The average molecular weight is 1690 g/mol. The Morgan fingerprint density at radius 1 is 0.425 bits per heavy atom. The Labute approximate surface area is 700 Å². The summed E-state index contributed by atoms with van der Waals surface area (Å²) in [5.74, 6) is -8.14. The van der Waals surface area contributed by atoms with Crippen LogP contribution in [-0.4, -0.2) is 264 Å². The molecule has 9 unspecified atom stereocenters. The summed E-state index contributed by atoms with van der Waals surface area (Å²) < 4.78 is 80.6. The topological polar surface area (TPSA) is 435 Å². The lowest BCUT2D eigenvalue weighted by Crippen LogP contribution is -2.72. The van der Waals surface area contributed by atoms with E-state index in [0.717, 1.165) is 44.4 Å². The summed E-state index contributed by atoms with van der Waals surface area (Å²) in [6, 6.07) is 28.3. The smallest absolute Gasteiger partial charge is 0.303 e. The minimum absolute atomic E-state index is 0.00623. The Bertz CT molecular complexity index is 3720. The summed E-state index contributed by atoms with van der Waals surface area (Å²) in [6.45, 7) is 15.4. The van der Waals surface area contributed by atoms with Gasteiger partial charge in [-0.15, -0.1) is 0 Å². The third kappa shape index (κ3) is 32.2. The van der Waals surface area contributed by atoms with Gasteiger partial charge in [-0.3, -0.25) is 72.0 Å². The molecule has 0 saturated carbocycles. The van der Waals surface area contributed by atoms with Crippen LogP contribution in [-0.2, 0) is 139 Å². The molecule has 0 spiro atoms. The van der Waals surface area contributed by atoms with Crippen molar-refractivity contribution in [2.24, 2.45) is 5.92 Å². The van der Waals surface area contributed by atoms with E-state index in [0.29, 0.717) is 70.9 Å². The lowest BCUT2D eigenvalue weighted by Gasteiger charge is -2.48. The van der Waals surface area contributed by atoms with E-state index >= 15 is 0 Å². The maximum atomic E-state index is 14.9. The lowest BCUT2D eigenvalue weighted by molar-refractivity contribution is -0.277. The second-order valence-electron chi connectivity index (χ2n) is 29.9. The Balaban J connectivity index is 1.18. The van der Waals surface area contributed by atoms with Gasteiger partial charge in [0.05, 0.1) is 24.8 Å². The zero-order valence-corrected chi connectivity index (χ0v) is 70.9. The Morgan fingerprint density at radius 2 is 0.833 bits per heavy atom. The molecule has 3 aromatic rings. The monoisotopic (exact) mass is 1690 g/mol. The van der Waals surface area contributed by atoms with E-state index in [9.17, 15) is 67.1 Å². The zero-order valence-electron chi connectivity index (χ0n) is 70.9. The molecule has 0 aromatic heterocycles. The molecule has 3 heterocycles. The van der Waals surface area contributed by atoms with Crippen LogP contribution in [0.5, 0.6) is 0 Å². The molecule has 0 radical (unpaired) electrons. The highest BCUT2D eigenvalue weighted by atomic mass is 16.7. The number of nitrogens with one attached hydrogen (secondary N) is 5. The molecule has 3 aliphatic heterocycles. The highest BCUT2D eigenvalue weighted by Gasteiger charge is 2.57. The van der Waals surface area contributed by atoms with Gasteiger partial charge >= 0.3 is 47.8 Å². The fraction of sp³-hybridized carbons (Fsp3) is 0.624. The Kier molecular flexibility index (Phi) is 41.9. The molecule has 6 rings (SSSR count). The first-order valence-corrected chi connectivity index (χ1v) is 40.8. The van der Waals surface area contributed by atoms with Crippen LogP contribution in [0.3, 0.4) is 0 Å². The van der Waals surface area contributed by atoms with E-state index in [4.69, 9.17) is 66.3 Å². The molecule has 120 heavy (non-hydrogen) atoms. The molecule has 14 atom stereocenters. The summed E-state index contributed by atoms with van der Waals surface area (Å²) >= 11 is 0. The molecule has 35 nitrogen and oxygen atoms in total. The number of carbonyl (C=O) groups is 14. The van der Waals surface area contributed by atoms with Gasteiger partial charge in [-0.2, -0.15) is 0 Å². The van der Waals surface area contributed by atoms with Gasteiger partial charge in [0.1, 0.15) is 55.8 Å². The van der Waals surface area contributed by atoms with Crippen LogP contribution in [0.4, 0.5) is 0 Å². The molecular formula is C85H121N7O28. The van der Waals surface area contributed by atoms with Gasteiger partial charge in [-0.25, -0.2) is 0 Å². The minimum atomic E-state index is -1.59. The van der Waals surface area contributed by atoms with Gasteiger partial charge in [-0.1, -0.05) is 97.9 Å². The van der Waals surface area contributed by atoms with Crippen molar-refractivity contribution in [3.63, 3.8) is 0 Å². The van der Waals surface area contributed by atoms with E-state index in [-0.39, 0.29) is 115 Å². The fourth-order valence-electron chi connectivity index (χ4n) is 15.0. The van der Waals surface area contributed by atoms with Crippen LogP contribution in [0, 0.1) is 5.92 Å². The predicted molar refractivity (Wildman–Crippen MR) is 427 cm³/mol. The molecule has 0 bridgehead atoms. The van der Waals surface area contributed by atoms with Gasteiger partial charge in [-0.05, 0) is 74.5 Å². The van der Waals surface area contributed by atoms with Crippen LogP contribution in [0.1, 0.15) is 177 Å². The van der Waals surface area contributed by atoms with Crippen molar-refractivity contribution < 1.29 is 133 Å². The van der Waals surface area contributed by atoms with E-state index in [1.807, 2.05) is 54.6 Å². The van der Waals surface area contributed by atoms with Gasteiger partial charge in [0, 0.05) is 160 Å². The van der Waals surface area contributed by atoms with Crippen LogP contribution >= 0.6 is 0 Å². The zero-order chi connectivity index (χ0) is 87.9. The molecular weight excluding hydrogens is 1570 g/mol. The number of esters is 8. The summed E-state index contributed by atoms with van der Waals surface area (Å²) in [5, 5.41) is 14.4. The first-order chi connectivity index (χ1) is 57.2. The second-order valence-corrected chi connectivity index (χ2v) is 29.9. The van der Waals surface area contributed by atoms with E-state index < -0.39 is 157 Å². The van der Waals surface area contributed by atoms with Gasteiger partial charge in [0.25, 0.3) is 0 Å². The molecule has 3 aliphatic rings. The summed E-state index contributed by atoms with van der Waals surface area (Å²) in [5.41, 5.74) is 0.344. The third-order valence-corrected chi connectivity index (χ3v) is 20.0. The van der Waals surface area contributed by atoms with Crippen molar-refractivity contribution in [3.05, 3.63) is 108 Å². The van der Waals surface area contributed by atoms with Crippen molar-refractivity contribution in [1.29, 1.82) is 0 Å². The number of unbranched alkanes of at least 4 members (excludes halogenated alkanes) is 3. The number of nitrogens with zero attached hydrogens (tertiary/aromatic N) is 2. The number of benzene rings is 3. The second kappa shape index (κ2) is 50.9. The summed E-state index contributed by atoms with van der Waals surface area (Å²) in [4.78, 5) is 182. The normalized spacial score (nSPS) is 22.6. The van der Waals surface area contributed by atoms with Crippen molar-refractivity contribution in [3.8, 4) is 0 Å². The number of rotatable bonds is 49. The maximum Gasteiger partial charge on any atom is 0.303 e. The molecule has 35 heteroatoms. The predicted octanol–water partition coefficient (Wildman–Crippen LogP) is 4.79. The number of carbonyl (C=O) groups excluding carboxylic acids is 14. The third-order valence-electron chi connectivity index (χ3n) is 20.0. The molecule has 0 aliphatic carbocycles. The van der Waals surface area contributed by atoms with Crippen LogP contribution in [0.25, 0.3) is 0 Å². The first kappa shape index (κ1) is 98.8. The largest absolute Gasteiger partial charge is 0.463 e.